The van der Waals surface area contributed by atoms with Crippen LogP contribution < -0.4 is 170 Å². The van der Waals surface area contributed by atoms with Crippen LogP contribution in [-0.4, -0.2) is 49.3 Å². The second-order valence-corrected chi connectivity index (χ2v) is 0. The Labute approximate surface area is 215 Å². The van der Waals surface area contributed by atoms with Crippen molar-refractivity contribution < 1.29 is 219 Å². The fourth-order valence-corrected chi connectivity index (χ4v) is 0. The molecule has 18 heavy (non-hydrogen) atoms. The van der Waals surface area contributed by atoms with E-state index in [2.05, 4.69) is 0 Å². The van der Waals surface area contributed by atoms with E-state index in [-0.39, 0.29) is 219 Å². The predicted molar refractivity (Wildman–Crippen MR) is 17.4 cm³/mol. The minimum Gasteiger partial charge on any atom is -0.870 e. The molecule has 0 aliphatic rings. The molecule has 0 fully saturated rings. The van der Waals surface area contributed by atoms with Crippen LogP contribution in [-0.2, 0) is 0 Å². The smallest absolute Gasteiger partial charge is 0.870 e. The normalized spacial score (nSPS) is 0. The summed E-state index contributed by atoms with van der Waals surface area (Å²) in [6.07, 6.45) is 0. The molecule has 0 aromatic carbocycles. The molecule has 0 bridgehead atoms. The summed E-state index contributed by atoms with van der Waals surface area (Å²) in [5.74, 6) is 0. The first-order valence-corrected chi connectivity index (χ1v) is 0. The second kappa shape index (κ2) is 386. The van der Waals surface area contributed by atoms with Crippen LogP contribution in [0, 0.1) is 0 Å². The molecule has 0 saturated carbocycles. The van der Waals surface area contributed by atoms with Crippen molar-refractivity contribution in [3.63, 3.8) is 0 Å². The van der Waals surface area contributed by atoms with Crippen LogP contribution >= 0.6 is 0 Å². The minimum atomic E-state index is 0. The van der Waals surface area contributed by atoms with E-state index in [0.717, 1.165) is 0 Å². The number of hydrogen-bond acceptors (Lipinski definition) is 9. The first-order valence-electron chi connectivity index (χ1n) is 0. The molecule has 9 nitrogen and oxygen atoms in total. The molecule has 0 unspecified atom stereocenters. The fraction of sp³-hybridized carbons (Fsp3) is 0. The number of rotatable bonds is 0. The third-order valence-corrected chi connectivity index (χ3v) is 0. The molecule has 18 heteroatoms. The van der Waals surface area contributed by atoms with Gasteiger partial charge in [0.1, 0.15) is 0 Å². The first-order chi connectivity index (χ1) is 0. The van der Waals surface area contributed by atoms with Crippen molar-refractivity contribution >= 4 is 0 Å². The van der Waals surface area contributed by atoms with Crippen molar-refractivity contribution in [1.29, 1.82) is 0 Å². The van der Waals surface area contributed by atoms with Gasteiger partial charge in [-0.05, 0) is 0 Å². The molecule has 0 aliphatic heterocycles. The van der Waals surface area contributed by atoms with Gasteiger partial charge in [0.2, 0.25) is 0 Å². The zero-order chi connectivity index (χ0) is 0. The predicted octanol–water partition coefficient (Wildman–Crippen LogP) is -28.6. The van der Waals surface area contributed by atoms with E-state index >= 15 is 0 Å². The summed E-state index contributed by atoms with van der Waals surface area (Å²) in [5, 5.41) is 0. The van der Waals surface area contributed by atoms with Crippen molar-refractivity contribution in [3.8, 4) is 0 Å². The van der Waals surface area contributed by atoms with E-state index < -0.39 is 0 Å². The Kier molecular flexibility index (Phi) is 9520. The molecule has 0 spiro atoms. The summed E-state index contributed by atoms with van der Waals surface area (Å²) in [5.41, 5.74) is 0. The third kappa shape index (κ3) is 335. The van der Waals surface area contributed by atoms with Crippen LogP contribution in [0.1, 0.15) is 0 Å². The molecule has 0 amide bonds. The molecule has 0 rings (SSSR count). The first kappa shape index (κ1) is 443. The minimum absolute atomic E-state index is 0. The van der Waals surface area contributed by atoms with E-state index in [0.29, 0.717) is 0 Å². The van der Waals surface area contributed by atoms with Crippen molar-refractivity contribution in [1.82, 2.24) is 0 Å². The average molecular weight is 216 g/mol. The van der Waals surface area contributed by atoms with Gasteiger partial charge in [-0.15, -0.1) is 0 Å². The van der Waals surface area contributed by atoms with Gasteiger partial charge in [-0.2, -0.15) is 0 Å². The van der Waals surface area contributed by atoms with E-state index in [9.17, 15) is 0 Å². The maximum atomic E-state index is 0. The summed E-state index contributed by atoms with van der Waals surface area (Å²) in [6, 6.07) is 0. The molecule has 0 heterocycles. The van der Waals surface area contributed by atoms with Gasteiger partial charge in [-0.1, -0.05) is 0 Å². The Balaban J connectivity index is 0. The van der Waals surface area contributed by atoms with Crippen molar-refractivity contribution in [2.75, 3.05) is 0 Å². The van der Waals surface area contributed by atoms with Crippen LogP contribution in [0.15, 0.2) is 0 Å². The zero-order valence-corrected chi connectivity index (χ0v) is 13.0. The van der Waals surface area contributed by atoms with Gasteiger partial charge in [-0.3, -0.25) is 0 Å². The molecule has 0 saturated heterocycles. The molecule has 0 aromatic rings. The summed E-state index contributed by atoms with van der Waals surface area (Å²) in [4.78, 5) is 0. The monoisotopic (exact) mass is 216 g/mol. The number of hydrogen-bond donors (Lipinski definition) is 0. The van der Waals surface area contributed by atoms with Gasteiger partial charge in [0, 0.05) is 0 Å². The van der Waals surface area contributed by atoms with Crippen molar-refractivity contribution in [2.24, 2.45) is 0 Å². The average Bonchev–Trinajstić information content (AvgIpc) is 0. The maximum absolute atomic E-state index is 0. The van der Waals surface area contributed by atoms with E-state index in [4.69, 9.17) is 0 Å². The van der Waals surface area contributed by atoms with Gasteiger partial charge in [0.05, 0.1) is 0 Å². The standard InChI is InChI=1S/9Li.9H2O/h;;;;;;;;;9*1H2/q9*+1;;;;;;;;;/p-9. The Bertz CT molecular complexity index is 18.0. The van der Waals surface area contributed by atoms with E-state index in [1.807, 2.05) is 0 Å². The van der Waals surface area contributed by atoms with Gasteiger partial charge in [0.25, 0.3) is 0 Å². The van der Waals surface area contributed by atoms with Crippen molar-refractivity contribution in [3.05, 3.63) is 0 Å². The molecule has 0 atom stereocenters. The Morgan fingerprint density at radius 1 is 0.111 bits per heavy atom. The summed E-state index contributed by atoms with van der Waals surface area (Å²) < 4.78 is 0. The summed E-state index contributed by atoms with van der Waals surface area (Å²) in [6.45, 7) is 0. The fourth-order valence-electron chi connectivity index (χ4n) is 0. The molecular formula is H9Li9O9. The molecular weight excluding hydrogens is 206 g/mol. The summed E-state index contributed by atoms with van der Waals surface area (Å²) >= 11 is 0. The van der Waals surface area contributed by atoms with E-state index in [1.54, 1.807) is 0 Å². The quantitative estimate of drug-likeness (QED) is 0.346. The Morgan fingerprint density at radius 3 is 0.111 bits per heavy atom. The molecule has 0 radical (unpaired) electrons. The van der Waals surface area contributed by atoms with Gasteiger partial charge in [-0.25, -0.2) is 0 Å². The van der Waals surface area contributed by atoms with Gasteiger partial charge < -0.3 is 49.3 Å². The third-order valence-electron chi connectivity index (χ3n) is 0. The zero-order valence-electron chi connectivity index (χ0n) is 13.0. The summed E-state index contributed by atoms with van der Waals surface area (Å²) in [7, 11) is 0. The Hall–Kier alpha value is 5.02. The molecule has 72 valence electrons. The van der Waals surface area contributed by atoms with Crippen LogP contribution in [0.2, 0.25) is 0 Å². The van der Waals surface area contributed by atoms with Gasteiger partial charge in [0.15, 0.2) is 0 Å². The van der Waals surface area contributed by atoms with E-state index in [1.165, 1.54) is 0 Å². The molecule has 9 N–H and O–H groups in total. The molecule has 0 aliphatic carbocycles. The SMILES string of the molecule is [Li+].[Li+].[Li+].[Li+].[Li+].[Li+].[Li+].[Li+].[Li+].[OH-].[OH-].[OH-].[OH-].[OH-].[OH-].[OH-].[OH-].[OH-]. The Morgan fingerprint density at radius 2 is 0.111 bits per heavy atom. The van der Waals surface area contributed by atoms with Crippen LogP contribution in [0.3, 0.4) is 0 Å². The topological polar surface area (TPSA) is 270 Å². The van der Waals surface area contributed by atoms with Crippen LogP contribution in [0.5, 0.6) is 0 Å². The second-order valence-electron chi connectivity index (χ2n) is 0. The van der Waals surface area contributed by atoms with Crippen LogP contribution in [0.4, 0.5) is 0 Å². The van der Waals surface area contributed by atoms with Gasteiger partial charge >= 0.3 is 170 Å². The van der Waals surface area contributed by atoms with Crippen LogP contribution in [0.25, 0.3) is 0 Å². The largest absolute Gasteiger partial charge is 1.00 e. The van der Waals surface area contributed by atoms with Crippen molar-refractivity contribution in [2.45, 2.75) is 0 Å². The molecule has 0 aromatic heterocycles. The maximum Gasteiger partial charge on any atom is 1.00 e.